The quantitative estimate of drug-likeness (QED) is 0.868. The van der Waals surface area contributed by atoms with Gasteiger partial charge in [0.05, 0.1) is 5.51 Å². The van der Waals surface area contributed by atoms with Crippen molar-refractivity contribution in [1.29, 1.82) is 0 Å². The van der Waals surface area contributed by atoms with Gasteiger partial charge in [-0.3, -0.25) is 0 Å². The van der Waals surface area contributed by atoms with E-state index in [0.29, 0.717) is 17.1 Å². The number of furan rings is 1. The molecule has 2 N–H and O–H groups in total. The zero-order valence-corrected chi connectivity index (χ0v) is 13.2. The molecule has 2 heterocycles. The maximum absolute atomic E-state index is 12.3. The van der Waals surface area contributed by atoms with Crippen LogP contribution in [0.25, 0.3) is 0 Å². The van der Waals surface area contributed by atoms with E-state index in [9.17, 15) is 13.2 Å². The Morgan fingerprint density at radius 3 is 2.67 bits per heavy atom. The lowest BCUT2D eigenvalue weighted by molar-refractivity contribution is 0.0687. The fourth-order valence-electron chi connectivity index (χ4n) is 2.00. The van der Waals surface area contributed by atoms with E-state index in [-0.39, 0.29) is 4.21 Å². The standard InChI is InChI=1S/C12H14N2O5S2/c1-6-4-9(8(3)19-6)7(2)14-21(17,18)12-10(11(15)16)13-5-20-12/h4-5,7,14H,1-3H3,(H,15,16). The molecule has 0 radical (unpaired) electrons. The number of carboxylic acids is 1. The number of thiazole rings is 1. The zero-order valence-electron chi connectivity index (χ0n) is 11.6. The molecule has 0 aliphatic rings. The van der Waals surface area contributed by atoms with Crippen molar-refractivity contribution in [2.24, 2.45) is 0 Å². The summed E-state index contributed by atoms with van der Waals surface area (Å²) in [4.78, 5) is 14.5. The van der Waals surface area contributed by atoms with Crippen LogP contribution in [0.3, 0.4) is 0 Å². The van der Waals surface area contributed by atoms with Crippen molar-refractivity contribution in [3.05, 3.63) is 34.4 Å². The largest absolute Gasteiger partial charge is 0.476 e. The number of hydrogen-bond donors (Lipinski definition) is 2. The Balaban J connectivity index is 2.31. The van der Waals surface area contributed by atoms with E-state index < -0.39 is 27.7 Å². The molecule has 0 bridgehead atoms. The van der Waals surface area contributed by atoms with Crippen molar-refractivity contribution in [2.75, 3.05) is 0 Å². The van der Waals surface area contributed by atoms with Gasteiger partial charge in [-0.1, -0.05) is 0 Å². The first kappa shape index (κ1) is 15.7. The summed E-state index contributed by atoms with van der Waals surface area (Å²) < 4.78 is 32.1. The molecule has 21 heavy (non-hydrogen) atoms. The SMILES string of the molecule is Cc1cc(C(C)NS(=O)(=O)c2scnc2C(=O)O)c(C)o1. The van der Waals surface area contributed by atoms with Crippen molar-refractivity contribution < 1.29 is 22.7 Å². The summed E-state index contributed by atoms with van der Waals surface area (Å²) in [5, 5.41) is 8.95. The lowest BCUT2D eigenvalue weighted by Crippen LogP contribution is -2.27. The van der Waals surface area contributed by atoms with Crippen molar-refractivity contribution in [3.63, 3.8) is 0 Å². The second-order valence-electron chi connectivity index (χ2n) is 4.51. The Bertz CT molecular complexity index is 775. The van der Waals surface area contributed by atoms with Crippen LogP contribution < -0.4 is 4.72 Å². The highest BCUT2D eigenvalue weighted by atomic mass is 32.2. The van der Waals surface area contributed by atoms with Gasteiger partial charge in [0, 0.05) is 11.6 Å². The third-order valence-corrected chi connectivity index (χ3v) is 5.77. The summed E-state index contributed by atoms with van der Waals surface area (Å²) >= 11 is 0.766. The van der Waals surface area contributed by atoms with E-state index in [1.54, 1.807) is 26.8 Å². The van der Waals surface area contributed by atoms with E-state index in [1.807, 2.05) is 0 Å². The Kier molecular flexibility index (Phi) is 4.17. The molecule has 0 fully saturated rings. The van der Waals surface area contributed by atoms with Gasteiger partial charge in [0.2, 0.25) is 0 Å². The summed E-state index contributed by atoms with van der Waals surface area (Å²) in [6.45, 7) is 5.17. The molecule has 1 atom stereocenters. The minimum absolute atomic E-state index is 0.306. The van der Waals surface area contributed by atoms with Crippen LogP contribution in [0.15, 0.2) is 20.2 Å². The summed E-state index contributed by atoms with van der Waals surface area (Å²) in [5.74, 6) is -0.0809. The molecule has 2 aromatic rings. The maximum atomic E-state index is 12.3. The molecule has 0 aliphatic heterocycles. The number of nitrogens with zero attached hydrogens (tertiary/aromatic N) is 1. The normalized spacial score (nSPS) is 13.3. The first-order chi connectivity index (χ1) is 9.72. The Morgan fingerprint density at radius 2 is 2.14 bits per heavy atom. The fraction of sp³-hybridized carbons (Fsp3) is 0.333. The zero-order chi connectivity index (χ0) is 15.8. The third kappa shape index (κ3) is 3.14. The molecule has 2 rings (SSSR count). The highest BCUT2D eigenvalue weighted by Crippen LogP contribution is 2.25. The highest BCUT2D eigenvalue weighted by molar-refractivity contribution is 7.91. The van der Waals surface area contributed by atoms with Gasteiger partial charge in [-0.2, -0.15) is 0 Å². The molecule has 0 aromatic carbocycles. The second-order valence-corrected chi connectivity index (χ2v) is 7.27. The summed E-state index contributed by atoms with van der Waals surface area (Å²) in [6.07, 6.45) is 0. The molecule has 0 saturated heterocycles. The van der Waals surface area contributed by atoms with Gasteiger partial charge in [0.25, 0.3) is 10.0 Å². The van der Waals surface area contributed by atoms with E-state index in [2.05, 4.69) is 9.71 Å². The summed E-state index contributed by atoms with van der Waals surface area (Å²) in [7, 11) is -3.96. The van der Waals surface area contributed by atoms with Crippen molar-refractivity contribution in [2.45, 2.75) is 31.0 Å². The molecule has 0 amide bonds. The van der Waals surface area contributed by atoms with Gasteiger partial charge in [-0.25, -0.2) is 22.9 Å². The van der Waals surface area contributed by atoms with Crippen molar-refractivity contribution >= 4 is 27.3 Å². The fourth-order valence-corrected chi connectivity index (χ4v) is 4.38. The average Bonchev–Trinajstić information content (AvgIpc) is 2.95. The van der Waals surface area contributed by atoms with Gasteiger partial charge >= 0.3 is 5.97 Å². The monoisotopic (exact) mass is 330 g/mol. The molecule has 1 unspecified atom stereocenters. The van der Waals surface area contributed by atoms with Crippen LogP contribution in [-0.2, 0) is 10.0 Å². The predicted molar refractivity (Wildman–Crippen MR) is 76.0 cm³/mol. The highest BCUT2D eigenvalue weighted by Gasteiger charge is 2.28. The Hall–Kier alpha value is -1.71. The molecular formula is C12H14N2O5S2. The number of rotatable bonds is 5. The van der Waals surface area contributed by atoms with E-state index in [1.165, 1.54) is 5.51 Å². The van der Waals surface area contributed by atoms with Gasteiger partial charge in [-0.05, 0) is 26.8 Å². The van der Waals surface area contributed by atoms with Gasteiger partial charge in [-0.15, -0.1) is 11.3 Å². The lowest BCUT2D eigenvalue weighted by atomic mass is 10.1. The number of aromatic nitrogens is 1. The number of aryl methyl sites for hydroxylation is 2. The summed E-state index contributed by atoms with van der Waals surface area (Å²) in [6, 6.07) is 1.20. The molecular weight excluding hydrogens is 316 g/mol. The first-order valence-electron chi connectivity index (χ1n) is 5.98. The third-order valence-electron chi connectivity index (χ3n) is 2.86. The number of hydrogen-bond acceptors (Lipinski definition) is 6. The number of nitrogens with one attached hydrogen (secondary N) is 1. The smallest absolute Gasteiger partial charge is 0.356 e. The van der Waals surface area contributed by atoms with Gasteiger partial charge in [0.15, 0.2) is 9.90 Å². The second kappa shape index (κ2) is 5.58. The molecule has 0 saturated carbocycles. The van der Waals surface area contributed by atoms with Crippen molar-refractivity contribution in [1.82, 2.24) is 9.71 Å². The van der Waals surface area contributed by atoms with Crippen LogP contribution in [-0.4, -0.2) is 24.5 Å². The molecule has 2 aromatic heterocycles. The average molecular weight is 330 g/mol. The predicted octanol–water partition coefficient (Wildman–Crippen LogP) is 2.09. The van der Waals surface area contributed by atoms with E-state index in [4.69, 9.17) is 9.52 Å². The number of sulfonamides is 1. The van der Waals surface area contributed by atoms with Crippen molar-refractivity contribution in [3.8, 4) is 0 Å². The number of carbonyl (C=O) groups is 1. The number of aromatic carboxylic acids is 1. The van der Waals surface area contributed by atoms with Crippen LogP contribution in [0, 0.1) is 13.8 Å². The minimum atomic E-state index is -3.96. The molecule has 7 nitrogen and oxygen atoms in total. The number of carboxylic acid groups (broad SMARTS) is 1. The maximum Gasteiger partial charge on any atom is 0.356 e. The summed E-state index contributed by atoms with van der Waals surface area (Å²) in [5.41, 5.74) is 1.42. The van der Waals surface area contributed by atoms with E-state index in [0.717, 1.165) is 11.3 Å². The Morgan fingerprint density at radius 1 is 1.48 bits per heavy atom. The topological polar surface area (TPSA) is 110 Å². The van der Waals surface area contributed by atoms with Gasteiger partial charge < -0.3 is 9.52 Å². The molecule has 9 heteroatoms. The Labute approximate surface area is 125 Å². The molecule has 114 valence electrons. The van der Waals surface area contributed by atoms with E-state index >= 15 is 0 Å². The van der Waals surface area contributed by atoms with Crippen LogP contribution in [0.5, 0.6) is 0 Å². The molecule has 0 spiro atoms. The van der Waals surface area contributed by atoms with Crippen LogP contribution in [0.4, 0.5) is 0 Å². The molecule has 0 aliphatic carbocycles. The van der Waals surface area contributed by atoms with Gasteiger partial charge in [0.1, 0.15) is 11.5 Å². The van der Waals surface area contributed by atoms with Crippen LogP contribution >= 0.6 is 11.3 Å². The van der Waals surface area contributed by atoms with Crippen LogP contribution in [0.2, 0.25) is 0 Å². The minimum Gasteiger partial charge on any atom is -0.476 e. The lowest BCUT2D eigenvalue weighted by Gasteiger charge is -2.12. The van der Waals surface area contributed by atoms with Crippen LogP contribution in [0.1, 0.15) is 40.5 Å². The first-order valence-corrected chi connectivity index (χ1v) is 8.34.